The number of aliphatic imine (C=N–C) groups is 1. The van der Waals surface area contributed by atoms with Gasteiger partial charge in [-0.15, -0.1) is 35.3 Å². The molecule has 0 amide bonds. The van der Waals surface area contributed by atoms with Crippen LogP contribution in [0.2, 0.25) is 0 Å². The second-order valence-corrected chi connectivity index (χ2v) is 6.59. The van der Waals surface area contributed by atoms with Crippen LogP contribution >= 0.6 is 35.3 Å². The largest absolute Gasteiger partial charge is 0.357 e. The Kier molecular flexibility index (Phi) is 6.83. The van der Waals surface area contributed by atoms with Crippen LogP contribution in [0.3, 0.4) is 0 Å². The Hall–Kier alpha value is -1.15. The minimum atomic E-state index is 0. The minimum Gasteiger partial charge on any atom is -0.357 e. The first kappa shape index (κ1) is 18.2. The van der Waals surface area contributed by atoms with E-state index in [1.165, 1.54) is 23.3 Å². The molecule has 0 aliphatic heterocycles. The summed E-state index contributed by atoms with van der Waals surface area (Å²) in [4.78, 5) is 10.6. The highest BCUT2D eigenvalue weighted by molar-refractivity contribution is 14.0. The number of halogens is 1. The van der Waals surface area contributed by atoms with Crippen molar-refractivity contribution in [2.24, 2.45) is 4.99 Å². The summed E-state index contributed by atoms with van der Waals surface area (Å²) in [6.45, 7) is 5.72. The van der Waals surface area contributed by atoms with Gasteiger partial charge in [0.25, 0.3) is 0 Å². The lowest BCUT2D eigenvalue weighted by atomic mass is 10.2. The normalized spacial score (nSPS) is 14.3. The van der Waals surface area contributed by atoms with Crippen molar-refractivity contribution < 1.29 is 0 Å². The van der Waals surface area contributed by atoms with E-state index in [1.807, 2.05) is 18.2 Å². The zero-order chi connectivity index (χ0) is 15.4. The van der Waals surface area contributed by atoms with Gasteiger partial charge >= 0.3 is 0 Å². The Bertz CT molecular complexity index is 650. The van der Waals surface area contributed by atoms with Gasteiger partial charge in [-0.05, 0) is 26.7 Å². The van der Waals surface area contributed by atoms with E-state index in [1.54, 1.807) is 11.3 Å². The van der Waals surface area contributed by atoms with Crippen molar-refractivity contribution in [2.45, 2.75) is 39.3 Å². The SMILES string of the molecule is CCNC(=NCc1sc(-c2ccccc2)nc1C)NC1CC1.I. The van der Waals surface area contributed by atoms with Crippen LogP contribution in [0.5, 0.6) is 0 Å². The minimum absolute atomic E-state index is 0. The molecule has 2 N–H and O–H groups in total. The Morgan fingerprint density at radius 1 is 1.30 bits per heavy atom. The fourth-order valence-electron chi connectivity index (χ4n) is 2.17. The van der Waals surface area contributed by atoms with Gasteiger partial charge in [-0.2, -0.15) is 0 Å². The third-order valence-electron chi connectivity index (χ3n) is 3.56. The monoisotopic (exact) mass is 442 g/mol. The molecule has 1 aliphatic rings. The Labute approximate surface area is 158 Å². The van der Waals surface area contributed by atoms with Gasteiger partial charge in [0.15, 0.2) is 5.96 Å². The van der Waals surface area contributed by atoms with Crippen molar-refractivity contribution in [3.05, 3.63) is 40.9 Å². The number of guanidine groups is 1. The topological polar surface area (TPSA) is 49.3 Å². The van der Waals surface area contributed by atoms with E-state index in [-0.39, 0.29) is 24.0 Å². The molecule has 0 atom stereocenters. The number of nitrogens with zero attached hydrogens (tertiary/aromatic N) is 2. The number of aryl methyl sites for hydroxylation is 1. The fraction of sp³-hybridized carbons (Fsp3) is 0.412. The fourth-order valence-corrected chi connectivity index (χ4v) is 3.16. The predicted molar refractivity (Wildman–Crippen MR) is 109 cm³/mol. The zero-order valence-corrected chi connectivity index (χ0v) is 16.7. The molecule has 3 rings (SSSR count). The molecule has 0 spiro atoms. The highest BCUT2D eigenvalue weighted by atomic mass is 127. The van der Waals surface area contributed by atoms with Gasteiger partial charge in [-0.1, -0.05) is 30.3 Å². The lowest BCUT2D eigenvalue weighted by Crippen LogP contribution is -2.38. The Balaban J connectivity index is 0.00000192. The molecule has 0 unspecified atom stereocenters. The second kappa shape index (κ2) is 8.63. The van der Waals surface area contributed by atoms with E-state index in [4.69, 9.17) is 4.99 Å². The van der Waals surface area contributed by atoms with E-state index in [2.05, 4.69) is 41.6 Å². The van der Waals surface area contributed by atoms with Crippen LogP contribution in [0.1, 0.15) is 30.3 Å². The lowest BCUT2D eigenvalue weighted by Gasteiger charge is -2.09. The summed E-state index contributed by atoms with van der Waals surface area (Å²) in [5.74, 6) is 0.916. The maximum atomic E-state index is 4.70. The smallest absolute Gasteiger partial charge is 0.191 e. The second-order valence-electron chi connectivity index (χ2n) is 5.51. The molecule has 23 heavy (non-hydrogen) atoms. The van der Waals surface area contributed by atoms with E-state index in [0.29, 0.717) is 12.6 Å². The number of nitrogens with one attached hydrogen (secondary N) is 2. The molecule has 0 radical (unpaired) electrons. The average Bonchev–Trinajstić information content (AvgIpc) is 3.27. The summed E-state index contributed by atoms with van der Waals surface area (Å²) in [5.41, 5.74) is 2.25. The molecule has 0 bridgehead atoms. The molecule has 1 heterocycles. The van der Waals surface area contributed by atoms with Crippen LogP contribution in [0.4, 0.5) is 0 Å². The van der Waals surface area contributed by atoms with Crippen molar-refractivity contribution in [3.63, 3.8) is 0 Å². The molecule has 124 valence electrons. The molecule has 1 aliphatic carbocycles. The third kappa shape index (κ3) is 5.17. The van der Waals surface area contributed by atoms with Crippen molar-refractivity contribution in [3.8, 4) is 10.6 Å². The number of hydrogen-bond acceptors (Lipinski definition) is 3. The first-order chi connectivity index (χ1) is 10.8. The standard InChI is InChI=1S/C17H22N4S.HI/c1-3-18-17(21-14-9-10-14)19-11-15-12(2)20-16(22-15)13-7-5-4-6-8-13;/h4-8,14H,3,9-11H2,1-2H3,(H2,18,19,21);1H. The van der Waals surface area contributed by atoms with Crippen molar-refractivity contribution in [1.82, 2.24) is 15.6 Å². The molecule has 1 aromatic heterocycles. The molecule has 1 saturated carbocycles. The first-order valence-corrected chi connectivity index (χ1v) is 8.64. The quantitative estimate of drug-likeness (QED) is 0.419. The first-order valence-electron chi connectivity index (χ1n) is 7.83. The number of rotatable bonds is 5. The van der Waals surface area contributed by atoms with E-state index in [9.17, 15) is 0 Å². The molecule has 4 nitrogen and oxygen atoms in total. The van der Waals surface area contributed by atoms with E-state index in [0.717, 1.165) is 23.2 Å². The van der Waals surface area contributed by atoms with Gasteiger partial charge < -0.3 is 10.6 Å². The lowest BCUT2D eigenvalue weighted by molar-refractivity contribution is 0.813. The number of hydrogen-bond donors (Lipinski definition) is 2. The molecule has 1 fully saturated rings. The van der Waals surface area contributed by atoms with Crippen LogP contribution in [-0.2, 0) is 6.54 Å². The molecule has 6 heteroatoms. The highest BCUT2D eigenvalue weighted by Crippen LogP contribution is 2.28. The van der Waals surface area contributed by atoms with E-state index < -0.39 is 0 Å². The van der Waals surface area contributed by atoms with Crippen molar-refractivity contribution in [2.75, 3.05) is 6.54 Å². The summed E-state index contributed by atoms with van der Waals surface area (Å²) in [6, 6.07) is 10.9. The maximum Gasteiger partial charge on any atom is 0.191 e. The van der Waals surface area contributed by atoms with Crippen LogP contribution in [0.25, 0.3) is 10.6 Å². The van der Waals surface area contributed by atoms with Gasteiger partial charge in [0.1, 0.15) is 5.01 Å². The third-order valence-corrected chi connectivity index (χ3v) is 4.75. The summed E-state index contributed by atoms with van der Waals surface area (Å²) in [6.07, 6.45) is 2.50. The van der Waals surface area contributed by atoms with Crippen molar-refractivity contribution in [1.29, 1.82) is 0 Å². The summed E-state index contributed by atoms with van der Waals surface area (Å²) < 4.78 is 0. The molecule has 2 aromatic rings. The van der Waals surface area contributed by atoms with Crippen LogP contribution in [0.15, 0.2) is 35.3 Å². The molecule has 1 aromatic carbocycles. The summed E-state index contributed by atoms with van der Waals surface area (Å²) >= 11 is 1.73. The summed E-state index contributed by atoms with van der Waals surface area (Å²) in [5, 5.41) is 7.82. The maximum absolute atomic E-state index is 4.70. The van der Waals surface area contributed by atoms with Gasteiger partial charge in [0.2, 0.25) is 0 Å². The Morgan fingerprint density at radius 2 is 2.04 bits per heavy atom. The molecular formula is C17H23IN4S. The predicted octanol–water partition coefficient (Wildman–Crippen LogP) is 3.95. The van der Waals surface area contributed by atoms with Crippen molar-refractivity contribution >= 4 is 41.3 Å². The number of aromatic nitrogens is 1. The van der Waals surface area contributed by atoms with Crippen LogP contribution in [0, 0.1) is 6.92 Å². The van der Waals surface area contributed by atoms with Gasteiger partial charge in [0, 0.05) is 23.0 Å². The number of benzene rings is 1. The summed E-state index contributed by atoms with van der Waals surface area (Å²) in [7, 11) is 0. The van der Waals surface area contributed by atoms with E-state index >= 15 is 0 Å². The highest BCUT2D eigenvalue weighted by Gasteiger charge is 2.22. The Morgan fingerprint density at radius 3 is 2.70 bits per heavy atom. The van der Waals surface area contributed by atoms with Gasteiger partial charge in [-0.3, -0.25) is 0 Å². The molecular weight excluding hydrogens is 419 g/mol. The zero-order valence-electron chi connectivity index (χ0n) is 13.5. The average molecular weight is 442 g/mol. The number of thiazole rings is 1. The van der Waals surface area contributed by atoms with Crippen LogP contribution < -0.4 is 10.6 Å². The van der Waals surface area contributed by atoms with Gasteiger partial charge in [-0.25, -0.2) is 9.98 Å². The van der Waals surface area contributed by atoms with Gasteiger partial charge in [0.05, 0.1) is 12.2 Å². The van der Waals surface area contributed by atoms with Crippen LogP contribution in [-0.4, -0.2) is 23.5 Å². The molecule has 0 saturated heterocycles.